The second-order valence-electron chi connectivity index (χ2n) is 6.64. The summed E-state index contributed by atoms with van der Waals surface area (Å²) in [4.78, 5) is 33.7. The number of rotatable bonds is 8. The standard InChI is InChI=1S/C20H22ClN3O5S/c1-10-17(20(26)29-4)19(24-18(22-10)11-5-6-11)30-9-16(25)23-13-7-12(21)14(27-2)8-15(13)28-3/h7-8,11H,5-6,9H2,1-4H3,(H,23,25). The summed E-state index contributed by atoms with van der Waals surface area (Å²) in [5.74, 6) is 1.06. The fraction of sp³-hybridized carbons (Fsp3) is 0.400. The topological polar surface area (TPSA) is 99.6 Å². The molecule has 3 rings (SSSR count). The number of methoxy groups -OCH3 is 3. The lowest BCUT2D eigenvalue weighted by Crippen LogP contribution is -2.16. The monoisotopic (exact) mass is 451 g/mol. The number of hydrogen-bond donors (Lipinski definition) is 1. The van der Waals surface area contributed by atoms with Crippen LogP contribution in [0.2, 0.25) is 5.02 Å². The van der Waals surface area contributed by atoms with Crippen molar-refractivity contribution in [3.63, 3.8) is 0 Å². The molecule has 1 aromatic heterocycles. The van der Waals surface area contributed by atoms with Crippen LogP contribution in [0.5, 0.6) is 11.5 Å². The normalized spacial score (nSPS) is 13.0. The Morgan fingerprint density at radius 1 is 1.17 bits per heavy atom. The second-order valence-corrected chi connectivity index (χ2v) is 8.01. The van der Waals surface area contributed by atoms with Crippen molar-refractivity contribution in [2.24, 2.45) is 0 Å². The highest BCUT2D eigenvalue weighted by atomic mass is 35.5. The number of aryl methyl sites for hydroxylation is 1. The molecule has 0 aliphatic heterocycles. The van der Waals surface area contributed by atoms with E-state index in [-0.39, 0.29) is 17.2 Å². The highest BCUT2D eigenvalue weighted by Crippen LogP contribution is 2.39. The number of carbonyl (C=O) groups is 2. The molecule has 2 aromatic rings. The third-order valence-corrected chi connectivity index (χ3v) is 5.76. The van der Waals surface area contributed by atoms with Crippen LogP contribution in [0.4, 0.5) is 5.69 Å². The molecule has 1 aromatic carbocycles. The third-order valence-electron chi connectivity index (χ3n) is 4.49. The van der Waals surface area contributed by atoms with Gasteiger partial charge in [0.2, 0.25) is 5.91 Å². The largest absolute Gasteiger partial charge is 0.495 e. The van der Waals surface area contributed by atoms with E-state index < -0.39 is 5.97 Å². The molecular formula is C20H22ClN3O5S. The fourth-order valence-electron chi connectivity index (χ4n) is 2.81. The smallest absolute Gasteiger partial charge is 0.342 e. The van der Waals surface area contributed by atoms with Gasteiger partial charge >= 0.3 is 5.97 Å². The predicted molar refractivity (Wildman–Crippen MR) is 114 cm³/mol. The molecule has 1 N–H and O–H groups in total. The van der Waals surface area contributed by atoms with Crippen LogP contribution in [0.25, 0.3) is 0 Å². The van der Waals surface area contributed by atoms with Crippen LogP contribution in [0.3, 0.4) is 0 Å². The minimum atomic E-state index is -0.527. The van der Waals surface area contributed by atoms with Gasteiger partial charge in [-0.25, -0.2) is 14.8 Å². The number of aromatic nitrogens is 2. The molecular weight excluding hydrogens is 430 g/mol. The van der Waals surface area contributed by atoms with Crippen molar-refractivity contribution in [1.82, 2.24) is 9.97 Å². The van der Waals surface area contributed by atoms with Gasteiger partial charge < -0.3 is 19.5 Å². The zero-order valence-corrected chi connectivity index (χ0v) is 18.6. The number of carbonyl (C=O) groups excluding carboxylic acids is 2. The molecule has 1 amide bonds. The van der Waals surface area contributed by atoms with Crippen molar-refractivity contribution >= 4 is 40.9 Å². The quantitative estimate of drug-likeness (QED) is 0.367. The van der Waals surface area contributed by atoms with Gasteiger partial charge in [0.15, 0.2) is 0 Å². The van der Waals surface area contributed by atoms with Gasteiger partial charge in [-0.05, 0) is 25.8 Å². The van der Waals surface area contributed by atoms with E-state index in [0.29, 0.717) is 44.7 Å². The van der Waals surface area contributed by atoms with Gasteiger partial charge in [-0.15, -0.1) is 0 Å². The first-order valence-corrected chi connectivity index (χ1v) is 10.5. The third kappa shape index (κ3) is 4.96. The summed E-state index contributed by atoms with van der Waals surface area (Å²) in [6.45, 7) is 1.74. The molecule has 1 aliphatic carbocycles. The van der Waals surface area contributed by atoms with Crippen LogP contribution >= 0.6 is 23.4 Å². The Hall–Kier alpha value is -2.52. The highest BCUT2D eigenvalue weighted by molar-refractivity contribution is 8.00. The molecule has 0 unspecified atom stereocenters. The molecule has 1 fully saturated rings. The molecule has 160 valence electrons. The summed E-state index contributed by atoms with van der Waals surface area (Å²) in [5, 5.41) is 3.55. The van der Waals surface area contributed by atoms with Crippen molar-refractivity contribution in [3.8, 4) is 11.5 Å². The summed E-state index contributed by atoms with van der Waals surface area (Å²) in [7, 11) is 4.28. The Morgan fingerprint density at radius 2 is 1.87 bits per heavy atom. The number of thioether (sulfide) groups is 1. The number of amides is 1. The Kier molecular flexibility index (Phi) is 7.04. The summed E-state index contributed by atoms with van der Waals surface area (Å²) in [5.41, 5.74) is 1.25. The zero-order valence-electron chi connectivity index (χ0n) is 17.1. The van der Waals surface area contributed by atoms with E-state index in [2.05, 4.69) is 15.3 Å². The first kappa shape index (κ1) is 22.2. The van der Waals surface area contributed by atoms with Crippen molar-refractivity contribution < 1.29 is 23.8 Å². The van der Waals surface area contributed by atoms with E-state index in [9.17, 15) is 9.59 Å². The lowest BCUT2D eigenvalue weighted by atomic mass is 10.2. The van der Waals surface area contributed by atoms with Gasteiger partial charge in [0.05, 0.1) is 43.5 Å². The molecule has 0 radical (unpaired) electrons. The maximum atomic E-state index is 12.6. The molecule has 1 saturated carbocycles. The van der Waals surface area contributed by atoms with Gasteiger partial charge in [-0.1, -0.05) is 23.4 Å². The van der Waals surface area contributed by atoms with Gasteiger partial charge in [-0.3, -0.25) is 4.79 Å². The summed E-state index contributed by atoms with van der Waals surface area (Å²) in [6.07, 6.45) is 2.05. The van der Waals surface area contributed by atoms with E-state index in [1.807, 2.05) is 0 Å². The molecule has 0 saturated heterocycles. The van der Waals surface area contributed by atoms with Gasteiger partial charge in [0.1, 0.15) is 27.9 Å². The molecule has 10 heteroatoms. The first-order chi connectivity index (χ1) is 14.4. The van der Waals surface area contributed by atoms with E-state index in [0.717, 1.165) is 24.6 Å². The van der Waals surface area contributed by atoms with E-state index in [1.165, 1.54) is 21.3 Å². The van der Waals surface area contributed by atoms with Gasteiger partial charge in [0.25, 0.3) is 0 Å². The van der Waals surface area contributed by atoms with E-state index >= 15 is 0 Å². The number of esters is 1. The van der Waals surface area contributed by atoms with Crippen LogP contribution in [0.1, 0.15) is 40.6 Å². The van der Waals surface area contributed by atoms with Gasteiger partial charge in [0, 0.05) is 12.0 Å². The van der Waals surface area contributed by atoms with E-state index in [4.69, 9.17) is 25.8 Å². The minimum absolute atomic E-state index is 0.0252. The number of halogens is 1. The number of ether oxygens (including phenoxy) is 3. The Bertz CT molecular complexity index is 981. The first-order valence-electron chi connectivity index (χ1n) is 9.18. The van der Waals surface area contributed by atoms with Crippen molar-refractivity contribution in [2.75, 3.05) is 32.4 Å². The van der Waals surface area contributed by atoms with Crippen LogP contribution in [-0.4, -0.2) is 48.9 Å². The minimum Gasteiger partial charge on any atom is -0.495 e. The maximum Gasteiger partial charge on any atom is 0.342 e. The molecule has 0 bridgehead atoms. The lowest BCUT2D eigenvalue weighted by Gasteiger charge is -2.14. The van der Waals surface area contributed by atoms with Crippen LogP contribution < -0.4 is 14.8 Å². The summed E-state index contributed by atoms with van der Waals surface area (Å²) < 4.78 is 15.3. The van der Waals surface area contributed by atoms with Gasteiger partial charge in [-0.2, -0.15) is 0 Å². The number of benzene rings is 1. The Balaban J connectivity index is 1.77. The molecule has 0 spiro atoms. The average Bonchev–Trinajstić information content (AvgIpc) is 3.57. The van der Waals surface area contributed by atoms with Crippen molar-refractivity contribution in [2.45, 2.75) is 30.7 Å². The average molecular weight is 452 g/mol. The zero-order chi connectivity index (χ0) is 21.8. The second kappa shape index (κ2) is 9.53. The predicted octanol–water partition coefficient (Wildman–Crippen LogP) is 3.85. The number of nitrogens with zero attached hydrogens (tertiary/aromatic N) is 2. The van der Waals surface area contributed by atoms with E-state index in [1.54, 1.807) is 19.1 Å². The lowest BCUT2D eigenvalue weighted by molar-refractivity contribution is -0.113. The molecule has 30 heavy (non-hydrogen) atoms. The number of nitrogens with one attached hydrogen (secondary N) is 1. The van der Waals surface area contributed by atoms with Crippen LogP contribution in [0.15, 0.2) is 17.2 Å². The molecule has 8 nitrogen and oxygen atoms in total. The highest BCUT2D eigenvalue weighted by Gasteiger charge is 2.30. The number of anilines is 1. The maximum absolute atomic E-state index is 12.6. The summed E-state index contributed by atoms with van der Waals surface area (Å²) >= 11 is 7.31. The molecule has 0 atom stereocenters. The summed E-state index contributed by atoms with van der Waals surface area (Å²) in [6, 6.07) is 3.15. The molecule has 1 heterocycles. The number of hydrogen-bond acceptors (Lipinski definition) is 8. The Labute approximate surface area is 183 Å². The molecule has 1 aliphatic rings. The van der Waals surface area contributed by atoms with Crippen LogP contribution in [-0.2, 0) is 9.53 Å². The fourth-order valence-corrected chi connectivity index (χ4v) is 3.93. The Morgan fingerprint density at radius 3 is 2.47 bits per heavy atom. The van der Waals surface area contributed by atoms with Crippen molar-refractivity contribution in [3.05, 3.63) is 34.2 Å². The van der Waals surface area contributed by atoms with Crippen molar-refractivity contribution in [1.29, 1.82) is 0 Å². The SMILES string of the molecule is COC(=O)c1c(C)nc(C2CC2)nc1SCC(=O)Nc1cc(Cl)c(OC)cc1OC. The van der Waals surface area contributed by atoms with Crippen LogP contribution in [0, 0.1) is 6.92 Å².